The lowest BCUT2D eigenvalue weighted by atomic mass is 9.94. The third kappa shape index (κ3) is 2.88. The van der Waals surface area contributed by atoms with Crippen molar-refractivity contribution in [2.75, 3.05) is 24.3 Å². The molecule has 0 aromatic heterocycles. The molecule has 0 bridgehead atoms. The molecule has 0 saturated carbocycles. The number of carbonyl (C=O) groups excluding carboxylic acids is 1. The largest absolute Gasteiger partial charge is 0.462 e. The van der Waals surface area contributed by atoms with E-state index in [1.807, 2.05) is 13.0 Å². The highest BCUT2D eigenvalue weighted by molar-refractivity contribution is 5.96. The molecule has 1 fully saturated rings. The smallest absolute Gasteiger partial charge is 0.340 e. The molecule has 2 atom stereocenters. The van der Waals surface area contributed by atoms with E-state index in [4.69, 9.17) is 15.2 Å². The fraction of sp³-hybridized carbons (Fsp3) is 0.533. The Hall–Kier alpha value is -1.75. The number of rotatable bonds is 4. The normalized spacial score (nSPS) is 25.4. The number of anilines is 2. The summed E-state index contributed by atoms with van der Waals surface area (Å²) in [6.45, 7) is 7.01. The van der Waals surface area contributed by atoms with E-state index >= 15 is 0 Å². The van der Waals surface area contributed by atoms with Crippen LogP contribution >= 0.6 is 0 Å². The monoisotopic (exact) mass is 278 g/mol. The zero-order chi connectivity index (χ0) is 14.8. The summed E-state index contributed by atoms with van der Waals surface area (Å²) in [5.74, 6) is -0.394. The molecule has 2 unspecified atom stereocenters. The van der Waals surface area contributed by atoms with Gasteiger partial charge >= 0.3 is 5.97 Å². The standard InChI is InChI=1S/C15H22N2O3/c1-4-19-14(18)12-9-11(5-6-13(12)16)17-15(3)7-8-20-10(15)2/h5-6,9-10,17H,4,7-8,16H2,1-3H3. The van der Waals surface area contributed by atoms with Gasteiger partial charge in [0.25, 0.3) is 0 Å². The van der Waals surface area contributed by atoms with E-state index in [1.165, 1.54) is 0 Å². The van der Waals surface area contributed by atoms with Gasteiger partial charge in [0.15, 0.2) is 0 Å². The maximum absolute atomic E-state index is 11.8. The molecular formula is C15H22N2O3. The van der Waals surface area contributed by atoms with E-state index in [0.29, 0.717) is 17.9 Å². The Kier molecular flexibility index (Phi) is 4.18. The van der Waals surface area contributed by atoms with Crippen LogP contribution in [0, 0.1) is 0 Å². The Labute approximate surface area is 119 Å². The summed E-state index contributed by atoms with van der Waals surface area (Å²) in [6, 6.07) is 5.33. The van der Waals surface area contributed by atoms with Gasteiger partial charge in [-0.25, -0.2) is 4.79 Å². The SMILES string of the molecule is CCOC(=O)c1cc(NC2(C)CCOC2C)ccc1N. The van der Waals surface area contributed by atoms with Gasteiger partial charge in [0.2, 0.25) is 0 Å². The molecule has 0 amide bonds. The van der Waals surface area contributed by atoms with Gasteiger partial charge in [-0.2, -0.15) is 0 Å². The minimum atomic E-state index is -0.394. The molecule has 1 aliphatic heterocycles. The fourth-order valence-corrected chi connectivity index (χ4v) is 2.35. The Balaban J connectivity index is 2.21. The van der Waals surface area contributed by atoms with Crippen molar-refractivity contribution in [1.82, 2.24) is 0 Å². The number of hydrogen-bond donors (Lipinski definition) is 2. The molecular weight excluding hydrogens is 256 g/mol. The molecule has 1 aromatic rings. The quantitative estimate of drug-likeness (QED) is 0.653. The van der Waals surface area contributed by atoms with E-state index in [9.17, 15) is 4.79 Å². The Bertz CT molecular complexity index is 504. The highest BCUT2D eigenvalue weighted by atomic mass is 16.5. The fourth-order valence-electron chi connectivity index (χ4n) is 2.35. The topological polar surface area (TPSA) is 73.6 Å². The van der Waals surface area contributed by atoms with Gasteiger partial charge in [0.05, 0.1) is 23.8 Å². The van der Waals surface area contributed by atoms with Crippen molar-refractivity contribution in [2.45, 2.75) is 38.8 Å². The van der Waals surface area contributed by atoms with Crippen molar-refractivity contribution >= 4 is 17.3 Å². The lowest BCUT2D eigenvalue weighted by Gasteiger charge is -2.30. The van der Waals surface area contributed by atoms with Crippen LogP contribution in [0.5, 0.6) is 0 Å². The summed E-state index contributed by atoms with van der Waals surface area (Å²) in [6.07, 6.45) is 1.04. The van der Waals surface area contributed by atoms with Crippen LogP contribution in [0.15, 0.2) is 18.2 Å². The second kappa shape index (κ2) is 5.71. The molecule has 0 spiro atoms. The average molecular weight is 278 g/mol. The Morgan fingerprint density at radius 3 is 2.95 bits per heavy atom. The Morgan fingerprint density at radius 2 is 2.35 bits per heavy atom. The number of esters is 1. The van der Waals surface area contributed by atoms with Gasteiger partial charge in [0, 0.05) is 18.0 Å². The molecule has 3 N–H and O–H groups in total. The zero-order valence-corrected chi connectivity index (χ0v) is 12.2. The van der Waals surface area contributed by atoms with E-state index in [0.717, 1.165) is 18.7 Å². The van der Waals surface area contributed by atoms with Crippen LogP contribution < -0.4 is 11.1 Å². The molecule has 2 rings (SSSR count). The van der Waals surface area contributed by atoms with Crippen LogP contribution in [0.4, 0.5) is 11.4 Å². The van der Waals surface area contributed by atoms with Crippen LogP contribution in [0.25, 0.3) is 0 Å². The molecule has 1 saturated heterocycles. The van der Waals surface area contributed by atoms with Crippen molar-refractivity contribution in [3.63, 3.8) is 0 Å². The lowest BCUT2D eigenvalue weighted by molar-refractivity contribution is 0.0527. The second-order valence-electron chi connectivity index (χ2n) is 5.33. The van der Waals surface area contributed by atoms with E-state index in [-0.39, 0.29) is 11.6 Å². The summed E-state index contributed by atoms with van der Waals surface area (Å²) in [5, 5.41) is 3.44. The minimum Gasteiger partial charge on any atom is -0.462 e. The molecule has 110 valence electrons. The maximum Gasteiger partial charge on any atom is 0.340 e. The first kappa shape index (κ1) is 14.7. The average Bonchev–Trinajstić information content (AvgIpc) is 2.72. The van der Waals surface area contributed by atoms with Gasteiger partial charge in [-0.15, -0.1) is 0 Å². The summed E-state index contributed by atoms with van der Waals surface area (Å²) in [4.78, 5) is 11.8. The van der Waals surface area contributed by atoms with Gasteiger partial charge in [-0.3, -0.25) is 0 Å². The number of nitrogens with one attached hydrogen (secondary N) is 1. The van der Waals surface area contributed by atoms with Crippen LogP contribution in [-0.2, 0) is 9.47 Å². The van der Waals surface area contributed by atoms with E-state index in [1.54, 1.807) is 19.1 Å². The van der Waals surface area contributed by atoms with Crippen LogP contribution in [0.2, 0.25) is 0 Å². The van der Waals surface area contributed by atoms with Crippen LogP contribution in [0.1, 0.15) is 37.6 Å². The first-order chi connectivity index (χ1) is 9.46. The number of nitrogens with two attached hydrogens (primary N) is 1. The van der Waals surface area contributed by atoms with Gasteiger partial charge in [0.1, 0.15) is 0 Å². The number of nitrogen functional groups attached to an aromatic ring is 1. The van der Waals surface area contributed by atoms with Gasteiger partial charge < -0.3 is 20.5 Å². The lowest BCUT2D eigenvalue weighted by Crippen LogP contribution is -2.41. The molecule has 1 aliphatic rings. The first-order valence-electron chi connectivity index (χ1n) is 6.92. The summed E-state index contributed by atoms with van der Waals surface area (Å²) in [7, 11) is 0. The summed E-state index contributed by atoms with van der Waals surface area (Å²) >= 11 is 0. The Morgan fingerprint density at radius 1 is 1.60 bits per heavy atom. The molecule has 0 radical (unpaired) electrons. The number of carbonyl (C=O) groups is 1. The van der Waals surface area contributed by atoms with Crippen molar-refractivity contribution in [1.29, 1.82) is 0 Å². The first-order valence-corrected chi connectivity index (χ1v) is 6.92. The van der Waals surface area contributed by atoms with Crippen molar-refractivity contribution in [2.24, 2.45) is 0 Å². The predicted octanol–water partition coefficient (Wildman–Crippen LogP) is 2.42. The van der Waals surface area contributed by atoms with Crippen molar-refractivity contribution in [3.8, 4) is 0 Å². The number of ether oxygens (including phenoxy) is 2. The number of hydrogen-bond acceptors (Lipinski definition) is 5. The third-order valence-corrected chi connectivity index (χ3v) is 3.87. The van der Waals surface area contributed by atoms with Gasteiger partial charge in [-0.05, 0) is 45.4 Å². The van der Waals surface area contributed by atoms with Crippen LogP contribution in [-0.4, -0.2) is 30.8 Å². The highest BCUT2D eigenvalue weighted by Gasteiger charge is 2.36. The molecule has 0 aliphatic carbocycles. The second-order valence-corrected chi connectivity index (χ2v) is 5.33. The predicted molar refractivity (Wildman–Crippen MR) is 78.9 cm³/mol. The zero-order valence-electron chi connectivity index (χ0n) is 12.2. The van der Waals surface area contributed by atoms with E-state index < -0.39 is 5.97 Å². The van der Waals surface area contributed by atoms with Crippen LogP contribution in [0.3, 0.4) is 0 Å². The molecule has 1 aromatic carbocycles. The summed E-state index contributed by atoms with van der Waals surface area (Å²) < 4.78 is 10.6. The number of benzene rings is 1. The molecule has 1 heterocycles. The minimum absolute atomic E-state index is 0.117. The van der Waals surface area contributed by atoms with Crippen molar-refractivity contribution < 1.29 is 14.3 Å². The van der Waals surface area contributed by atoms with Gasteiger partial charge in [-0.1, -0.05) is 0 Å². The highest BCUT2D eigenvalue weighted by Crippen LogP contribution is 2.30. The molecule has 5 nitrogen and oxygen atoms in total. The summed E-state index contributed by atoms with van der Waals surface area (Å²) in [5.41, 5.74) is 7.37. The molecule has 20 heavy (non-hydrogen) atoms. The molecule has 5 heteroatoms. The van der Waals surface area contributed by atoms with Crippen molar-refractivity contribution in [3.05, 3.63) is 23.8 Å². The maximum atomic E-state index is 11.8. The van der Waals surface area contributed by atoms with E-state index in [2.05, 4.69) is 12.2 Å². The third-order valence-electron chi connectivity index (χ3n) is 3.87.